The maximum atomic E-state index is 12.6. The summed E-state index contributed by atoms with van der Waals surface area (Å²) in [7, 11) is 1.61. The molecule has 1 fully saturated rings. The van der Waals surface area contributed by atoms with Crippen molar-refractivity contribution in [3.05, 3.63) is 28.8 Å². The zero-order valence-electron chi connectivity index (χ0n) is 12.9. The summed E-state index contributed by atoms with van der Waals surface area (Å²) in [5.41, 5.74) is 1.55. The second-order valence-corrected chi connectivity index (χ2v) is 5.99. The summed E-state index contributed by atoms with van der Waals surface area (Å²) < 4.78 is 5.30. The second kappa shape index (κ2) is 5.39. The van der Waals surface area contributed by atoms with Crippen molar-refractivity contribution in [2.75, 3.05) is 20.2 Å². The summed E-state index contributed by atoms with van der Waals surface area (Å²) >= 11 is 0. The molecule has 0 aliphatic carbocycles. The molecule has 5 nitrogen and oxygen atoms in total. The normalized spacial score (nSPS) is 21.4. The Kier molecular flexibility index (Phi) is 3.94. The third-order valence-electron chi connectivity index (χ3n) is 4.19. The molecule has 1 N–H and O–H groups in total. The summed E-state index contributed by atoms with van der Waals surface area (Å²) in [5, 5.41) is 9.24. The number of benzene rings is 1. The van der Waals surface area contributed by atoms with E-state index in [1.807, 2.05) is 13.8 Å². The minimum absolute atomic E-state index is 0.117. The highest BCUT2D eigenvalue weighted by atomic mass is 16.5. The van der Waals surface area contributed by atoms with E-state index in [1.165, 1.54) is 0 Å². The number of hydrogen-bond acceptors (Lipinski definition) is 3. The van der Waals surface area contributed by atoms with Gasteiger partial charge in [-0.05, 0) is 50.5 Å². The minimum Gasteiger partial charge on any atom is -0.496 e. The van der Waals surface area contributed by atoms with Gasteiger partial charge < -0.3 is 14.7 Å². The van der Waals surface area contributed by atoms with Gasteiger partial charge in [-0.25, -0.2) is 0 Å². The van der Waals surface area contributed by atoms with Crippen molar-refractivity contribution in [1.82, 2.24) is 4.90 Å². The van der Waals surface area contributed by atoms with Gasteiger partial charge in [-0.3, -0.25) is 9.59 Å². The van der Waals surface area contributed by atoms with E-state index in [0.717, 1.165) is 16.9 Å². The number of carboxylic acid groups (broad SMARTS) is 1. The fourth-order valence-electron chi connectivity index (χ4n) is 2.89. The van der Waals surface area contributed by atoms with Crippen molar-refractivity contribution in [3.8, 4) is 5.75 Å². The van der Waals surface area contributed by atoms with Crippen molar-refractivity contribution in [2.24, 2.45) is 5.41 Å². The summed E-state index contributed by atoms with van der Waals surface area (Å²) in [5.74, 6) is -0.183. The zero-order valence-corrected chi connectivity index (χ0v) is 12.9. The highest BCUT2D eigenvalue weighted by Crippen LogP contribution is 2.32. The van der Waals surface area contributed by atoms with Gasteiger partial charge in [0, 0.05) is 18.7 Å². The van der Waals surface area contributed by atoms with Crippen LogP contribution in [0.4, 0.5) is 0 Å². The van der Waals surface area contributed by atoms with E-state index in [9.17, 15) is 14.7 Å². The van der Waals surface area contributed by atoms with Crippen molar-refractivity contribution >= 4 is 11.9 Å². The maximum absolute atomic E-state index is 12.6. The van der Waals surface area contributed by atoms with Crippen molar-refractivity contribution < 1.29 is 19.4 Å². The molecule has 21 heavy (non-hydrogen) atoms. The first-order chi connectivity index (χ1) is 9.78. The van der Waals surface area contributed by atoms with E-state index in [1.54, 1.807) is 31.1 Å². The van der Waals surface area contributed by atoms with E-state index in [2.05, 4.69) is 0 Å². The first kappa shape index (κ1) is 15.4. The molecule has 1 atom stereocenters. The molecule has 0 spiro atoms. The molecule has 0 bridgehead atoms. The minimum atomic E-state index is -0.847. The molecule has 1 unspecified atom stereocenters. The van der Waals surface area contributed by atoms with E-state index in [4.69, 9.17) is 4.74 Å². The van der Waals surface area contributed by atoms with Gasteiger partial charge in [0.1, 0.15) is 5.75 Å². The largest absolute Gasteiger partial charge is 0.496 e. The Hall–Kier alpha value is -2.04. The molecule has 1 aliphatic heterocycles. The van der Waals surface area contributed by atoms with Gasteiger partial charge in [0.05, 0.1) is 12.5 Å². The van der Waals surface area contributed by atoms with E-state index in [-0.39, 0.29) is 12.5 Å². The molecule has 1 heterocycles. The van der Waals surface area contributed by atoms with Crippen LogP contribution in [-0.4, -0.2) is 42.1 Å². The van der Waals surface area contributed by atoms with Crippen LogP contribution in [0.3, 0.4) is 0 Å². The van der Waals surface area contributed by atoms with Crippen LogP contribution >= 0.6 is 0 Å². The lowest BCUT2D eigenvalue weighted by molar-refractivity contribution is -0.147. The van der Waals surface area contributed by atoms with Crippen LogP contribution in [-0.2, 0) is 4.79 Å². The number of rotatable bonds is 3. The number of carbonyl (C=O) groups excluding carboxylic acids is 1. The third kappa shape index (κ3) is 2.73. The Bertz CT molecular complexity index is 573. The standard InChI is InChI=1S/C16H21NO4/c1-10-7-12(8-11(2)13(10)21-4)14(18)17-6-5-16(3,9-17)15(19)20/h7-8H,5-6,9H2,1-4H3,(H,19,20). The molecular weight excluding hydrogens is 270 g/mol. The number of nitrogens with zero attached hydrogens (tertiary/aromatic N) is 1. The highest BCUT2D eigenvalue weighted by Gasteiger charge is 2.42. The first-order valence-electron chi connectivity index (χ1n) is 6.96. The molecule has 1 amide bonds. The van der Waals surface area contributed by atoms with E-state index in [0.29, 0.717) is 18.5 Å². The predicted molar refractivity (Wildman–Crippen MR) is 78.7 cm³/mol. The average Bonchev–Trinajstić information content (AvgIpc) is 2.81. The van der Waals surface area contributed by atoms with Gasteiger partial charge in [-0.2, -0.15) is 0 Å². The van der Waals surface area contributed by atoms with Crippen LogP contribution < -0.4 is 4.74 Å². The molecule has 0 saturated carbocycles. The second-order valence-electron chi connectivity index (χ2n) is 5.99. The summed E-state index contributed by atoms with van der Waals surface area (Å²) in [6.07, 6.45) is 0.488. The van der Waals surface area contributed by atoms with Crippen molar-refractivity contribution in [3.63, 3.8) is 0 Å². The molecule has 2 rings (SSSR count). The number of ether oxygens (including phenoxy) is 1. The number of carboxylic acids is 1. The average molecular weight is 291 g/mol. The number of aliphatic carboxylic acids is 1. The molecule has 1 aliphatic rings. The Morgan fingerprint density at radius 1 is 1.29 bits per heavy atom. The van der Waals surface area contributed by atoms with Crippen LogP contribution in [0.25, 0.3) is 0 Å². The topological polar surface area (TPSA) is 66.8 Å². The lowest BCUT2D eigenvalue weighted by atomic mass is 9.90. The number of aryl methyl sites for hydroxylation is 2. The molecule has 1 aromatic carbocycles. The fourth-order valence-corrected chi connectivity index (χ4v) is 2.89. The van der Waals surface area contributed by atoms with Crippen molar-refractivity contribution in [2.45, 2.75) is 27.2 Å². The fraction of sp³-hybridized carbons (Fsp3) is 0.500. The number of carbonyl (C=O) groups is 2. The molecular formula is C16H21NO4. The van der Waals surface area contributed by atoms with Crippen LogP contribution in [0.2, 0.25) is 0 Å². The van der Waals surface area contributed by atoms with Gasteiger partial charge in [-0.1, -0.05) is 0 Å². The summed E-state index contributed by atoms with van der Waals surface area (Å²) in [6, 6.07) is 3.59. The van der Waals surface area contributed by atoms with E-state index >= 15 is 0 Å². The van der Waals surface area contributed by atoms with Gasteiger partial charge >= 0.3 is 5.97 Å². The number of methoxy groups -OCH3 is 1. The van der Waals surface area contributed by atoms with Gasteiger partial charge in [-0.15, -0.1) is 0 Å². The third-order valence-corrected chi connectivity index (χ3v) is 4.19. The number of hydrogen-bond donors (Lipinski definition) is 1. The van der Waals surface area contributed by atoms with Crippen LogP contribution in [0, 0.1) is 19.3 Å². The van der Waals surface area contributed by atoms with Gasteiger partial charge in [0.25, 0.3) is 5.91 Å². The van der Waals surface area contributed by atoms with Crippen LogP contribution in [0.1, 0.15) is 34.8 Å². The molecule has 114 valence electrons. The smallest absolute Gasteiger partial charge is 0.311 e. The monoisotopic (exact) mass is 291 g/mol. The maximum Gasteiger partial charge on any atom is 0.311 e. The highest BCUT2D eigenvalue weighted by molar-refractivity contribution is 5.95. The molecule has 1 saturated heterocycles. The number of amides is 1. The molecule has 0 radical (unpaired) electrons. The van der Waals surface area contributed by atoms with Gasteiger partial charge in [0.2, 0.25) is 0 Å². The summed E-state index contributed by atoms with van der Waals surface area (Å²) in [4.78, 5) is 25.4. The zero-order chi connectivity index (χ0) is 15.8. The van der Waals surface area contributed by atoms with Crippen LogP contribution in [0.15, 0.2) is 12.1 Å². The SMILES string of the molecule is COc1c(C)cc(C(=O)N2CCC(C)(C(=O)O)C2)cc1C. The molecule has 0 aromatic heterocycles. The molecule has 1 aromatic rings. The Labute approximate surface area is 124 Å². The molecule has 5 heteroatoms. The Balaban J connectivity index is 2.24. The summed E-state index contributed by atoms with van der Waals surface area (Å²) in [6.45, 7) is 6.21. The quantitative estimate of drug-likeness (QED) is 0.927. The lowest BCUT2D eigenvalue weighted by Crippen LogP contribution is -2.34. The van der Waals surface area contributed by atoms with E-state index < -0.39 is 11.4 Å². The Morgan fingerprint density at radius 2 is 1.86 bits per heavy atom. The first-order valence-corrected chi connectivity index (χ1v) is 6.96. The number of likely N-dealkylation sites (tertiary alicyclic amines) is 1. The van der Waals surface area contributed by atoms with Gasteiger partial charge in [0.15, 0.2) is 0 Å². The van der Waals surface area contributed by atoms with Crippen molar-refractivity contribution in [1.29, 1.82) is 0 Å². The predicted octanol–water partition coefficient (Wildman–Crippen LogP) is 2.25. The van der Waals surface area contributed by atoms with Crippen LogP contribution in [0.5, 0.6) is 5.75 Å². The lowest BCUT2D eigenvalue weighted by Gasteiger charge is -2.21. The Morgan fingerprint density at radius 3 is 2.29 bits per heavy atom.